The molecule has 0 atom stereocenters. The fourth-order valence-electron chi connectivity index (χ4n) is 5.06. The number of hydrogen-bond donors (Lipinski definition) is 0. The second kappa shape index (κ2) is 8.44. The zero-order valence-electron chi connectivity index (χ0n) is 18.0. The predicted molar refractivity (Wildman–Crippen MR) is 113 cm³/mol. The van der Waals surface area contributed by atoms with Crippen LogP contribution >= 0.6 is 0 Å². The van der Waals surface area contributed by atoms with Gasteiger partial charge in [0, 0.05) is 50.5 Å². The van der Waals surface area contributed by atoms with Gasteiger partial charge in [-0.25, -0.2) is 9.18 Å². The molecule has 7 heteroatoms. The topological polar surface area (TPSA) is 53.1 Å². The van der Waals surface area contributed by atoms with Crippen LogP contribution in [0.3, 0.4) is 0 Å². The van der Waals surface area contributed by atoms with E-state index in [4.69, 9.17) is 4.74 Å². The van der Waals surface area contributed by atoms with Crippen LogP contribution in [-0.4, -0.2) is 68.2 Å². The van der Waals surface area contributed by atoms with Gasteiger partial charge in [0.15, 0.2) is 0 Å². The van der Waals surface area contributed by atoms with Gasteiger partial charge in [0.05, 0.1) is 12.5 Å². The molecule has 3 aliphatic rings. The monoisotopic (exact) mass is 417 g/mol. The van der Waals surface area contributed by atoms with E-state index in [0.29, 0.717) is 31.7 Å². The Morgan fingerprint density at radius 3 is 2.33 bits per heavy atom. The van der Waals surface area contributed by atoms with Crippen molar-refractivity contribution in [3.8, 4) is 0 Å². The van der Waals surface area contributed by atoms with Crippen molar-refractivity contribution in [3.63, 3.8) is 0 Å². The summed E-state index contributed by atoms with van der Waals surface area (Å²) in [4.78, 5) is 30.6. The fourth-order valence-corrected chi connectivity index (χ4v) is 5.06. The van der Waals surface area contributed by atoms with Crippen LogP contribution in [0.15, 0.2) is 18.2 Å². The number of carbonyl (C=O) groups excluding carboxylic acids is 2. The van der Waals surface area contributed by atoms with Crippen LogP contribution in [-0.2, 0) is 14.9 Å². The third-order valence-electron chi connectivity index (χ3n) is 7.15. The zero-order valence-corrected chi connectivity index (χ0v) is 18.0. The Hall–Kier alpha value is -2.31. The van der Waals surface area contributed by atoms with Gasteiger partial charge >= 0.3 is 6.09 Å². The lowest BCUT2D eigenvalue weighted by atomic mass is 9.90. The number of anilines is 1. The Balaban J connectivity index is 1.45. The Labute approximate surface area is 177 Å². The SMILES string of the molecule is COC(=O)N1CCN(c2ccc(C3(C(=O)N(C)C4CCCCC4)CC3)c(F)c2)CC1. The molecule has 2 aliphatic carbocycles. The Morgan fingerprint density at radius 1 is 1.10 bits per heavy atom. The summed E-state index contributed by atoms with van der Waals surface area (Å²) in [5, 5.41) is 0. The van der Waals surface area contributed by atoms with Crippen molar-refractivity contribution < 1.29 is 18.7 Å². The molecule has 30 heavy (non-hydrogen) atoms. The zero-order chi connectivity index (χ0) is 21.3. The van der Waals surface area contributed by atoms with Crippen molar-refractivity contribution in [1.29, 1.82) is 0 Å². The molecule has 0 unspecified atom stereocenters. The van der Waals surface area contributed by atoms with Crippen LogP contribution in [0.1, 0.15) is 50.5 Å². The van der Waals surface area contributed by atoms with Gasteiger partial charge < -0.3 is 19.4 Å². The summed E-state index contributed by atoms with van der Waals surface area (Å²) in [7, 11) is 3.27. The van der Waals surface area contributed by atoms with Gasteiger partial charge in [-0.05, 0) is 37.8 Å². The maximum absolute atomic E-state index is 15.2. The van der Waals surface area contributed by atoms with E-state index in [1.807, 2.05) is 18.0 Å². The highest BCUT2D eigenvalue weighted by Gasteiger charge is 2.54. The lowest BCUT2D eigenvalue weighted by Gasteiger charge is -2.36. The summed E-state index contributed by atoms with van der Waals surface area (Å²) < 4.78 is 20.0. The summed E-state index contributed by atoms with van der Waals surface area (Å²) in [5.74, 6) is -0.224. The average molecular weight is 418 g/mol. The summed E-state index contributed by atoms with van der Waals surface area (Å²) >= 11 is 0. The summed E-state index contributed by atoms with van der Waals surface area (Å²) in [6, 6.07) is 5.56. The minimum Gasteiger partial charge on any atom is -0.453 e. The first-order valence-corrected chi connectivity index (χ1v) is 11.1. The molecule has 0 radical (unpaired) electrons. The average Bonchev–Trinajstić information content (AvgIpc) is 3.60. The van der Waals surface area contributed by atoms with Crippen LogP contribution in [0.25, 0.3) is 0 Å². The minimum absolute atomic E-state index is 0.0766. The van der Waals surface area contributed by atoms with Crippen molar-refractivity contribution in [2.24, 2.45) is 0 Å². The molecular formula is C23H32FN3O3. The lowest BCUT2D eigenvalue weighted by molar-refractivity contribution is -0.135. The highest BCUT2D eigenvalue weighted by atomic mass is 19.1. The molecule has 164 valence electrons. The number of hydrogen-bond acceptors (Lipinski definition) is 4. The van der Waals surface area contributed by atoms with Crippen molar-refractivity contribution >= 4 is 17.7 Å². The van der Waals surface area contributed by atoms with E-state index in [0.717, 1.165) is 31.4 Å². The number of carbonyl (C=O) groups is 2. The third kappa shape index (κ3) is 3.86. The Kier molecular flexibility index (Phi) is 5.89. The van der Waals surface area contributed by atoms with Crippen LogP contribution in [0.2, 0.25) is 0 Å². The van der Waals surface area contributed by atoms with E-state index < -0.39 is 5.41 Å². The fraction of sp³-hybridized carbons (Fsp3) is 0.652. The molecule has 6 nitrogen and oxygen atoms in total. The number of rotatable bonds is 4. The van der Waals surface area contributed by atoms with Crippen LogP contribution < -0.4 is 4.90 Å². The van der Waals surface area contributed by atoms with Crippen molar-refractivity contribution in [1.82, 2.24) is 9.80 Å². The van der Waals surface area contributed by atoms with E-state index in [-0.39, 0.29) is 23.9 Å². The first-order valence-electron chi connectivity index (χ1n) is 11.1. The second-order valence-corrected chi connectivity index (χ2v) is 8.90. The molecule has 0 aromatic heterocycles. The molecule has 3 fully saturated rings. The molecule has 2 amide bonds. The minimum atomic E-state index is -0.682. The highest BCUT2D eigenvalue weighted by molar-refractivity contribution is 5.91. The van der Waals surface area contributed by atoms with Gasteiger partial charge in [-0.2, -0.15) is 0 Å². The van der Waals surface area contributed by atoms with Gasteiger partial charge in [0.1, 0.15) is 5.82 Å². The van der Waals surface area contributed by atoms with Gasteiger partial charge in [0.25, 0.3) is 0 Å². The molecule has 0 N–H and O–H groups in total. The number of methoxy groups -OCH3 is 1. The highest BCUT2D eigenvalue weighted by Crippen LogP contribution is 2.51. The summed E-state index contributed by atoms with van der Waals surface area (Å²) in [5.41, 5.74) is 0.648. The van der Waals surface area contributed by atoms with Crippen molar-refractivity contribution in [3.05, 3.63) is 29.6 Å². The molecule has 1 saturated heterocycles. The first kappa shape index (κ1) is 20.9. The quantitative estimate of drug-likeness (QED) is 0.752. The number of nitrogens with zero attached hydrogens (tertiary/aromatic N) is 3. The third-order valence-corrected chi connectivity index (χ3v) is 7.15. The number of amides is 2. The lowest BCUT2D eigenvalue weighted by Crippen LogP contribution is -2.48. The van der Waals surface area contributed by atoms with Gasteiger partial charge in [-0.3, -0.25) is 4.79 Å². The standard InChI is InChI=1S/C23H32FN3O3/c1-25(17-6-4-3-5-7-17)21(28)23(10-11-23)19-9-8-18(16-20(19)24)26-12-14-27(15-13-26)22(29)30-2/h8-9,16-17H,3-7,10-15H2,1-2H3. The van der Waals surface area contributed by atoms with Crippen LogP contribution in [0.5, 0.6) is 0 Å². The molecular weight excluding hydrogens is 385 g/mol. The predicted octanol–water partition coefficient (Wildman–Crippen LogP) is 3.54. The Morgan fingerprint density at radius 2 is 1.77 bits per heavy atom. The normalized spacial score (nSPS) is 21.3. The molecule has 1 aromatic rings. The Bertz CT molecular complexity index is 797. The van der Waals surface area contributed by atoms with E-state index >= 15 is 4.39 Å². The number of benzene rings is 1. The van der Waals surface area contributed by atoms with Crippen LogP contribution in [0.4, 0.5) is 14.9 Å². The van der Waals surface area contributed by atoms with Gasteiger partial charge in [-0.15, -0.1) is 0 Å². The smallest absolute Gasteiger partial charge is 0.409 e. The van der Waals surface area contributed by atoms with E-state index in [9.17, 15) is 9.59 Å². The first-order chi connectivity index (χ1) is 14.5. The number of ether oxygens (including phenoxy) is 1. The van der Waals surface area contributed by atoms with Crippen molar-refractivity contribution in [2.45, 2.75) is 56.4 Å². The summed E-state index contributed by atoms with van der Waals surface area (Å²) in [6.07, 6.45) is 6.80. The number of piperazine rings is 1. The number of likely N-dealkylation sites (N-methyl/N-ethyl adjacent to an activating group) is 1. The van der Waals surface area contributed by atoms with Crippen LogP contribution in [0, 0.1) is 5.82 Å². The summed E-state index contributed by atoms with van der Waals surface area (Å²) in [6.45, 7) is 2.35. The van der Waals surface area contributed by atoms with Gasteiger partial charge in [0.2, 0.25) is 5.91 Å². The maximum Gasteiger partial charge on any atom is 0.409 e. The molecule has 1 heterocycles. The van der Waals surface area contributed by atoms with E-state index in [2.05, 4.69) is 4.90 Å². The molecule has 0 spiro atoms. The molecule has 4 rings (SSSR count). The van der Waals surface area contributed by atoms with E-state index in [1.54, 1.807) is 17.0 Å². The second-order valence-electron chi connectivity index (χ2n) is 8.90. The molecule has 1 aromatic carbocycles. The van der Waals surface area contributed by atoms with Crippen molar-refractivity contribution in [2.75, 3.05) is 45.2 Å². The maximum atomic E-state index is 15.2. The van der Waals surface area contributed by atoms with E-state index in [1.165, 1.54) is 26.4 Å². The number of halogens is 1. The molecule has 1 aliphatic heterocycles. The largest absolute Gasteiger partial charge is 0.453 e. The molecule has 0 bridgehead atoms. The van der Waals surface area contributed by atoms with Gasteiger partial charge in [-0.1, -0.05) is 25.3 Å². The molecule has 2 saturated carbocycles.